The highest BCUT2D eigenvalue weighted by Crippen LogP contribution is 2.28. The number of esters is 1. The van der Waals surface area contributed by atoms with E-state index in [0.29, 0.717) is 22.4 Å². The van der Waals surface area contributed by atoms with Crippen LogP contribution in [0.5, 0.6) is 0 Å². The van der Waals surface area contributed by atoms with Gasteiger partial charge in [-0.3, -0.25) is 9.59 Å². The van der Waals surface area contributed by atoms with Gasteiger partial charge < -0.3 is 4.74 Å². The summed E-state index contributed by atoms with van der Waals surface area (Å²) in [5, 5.41) is 0. The van der Waals surface area contributed by atoms with Crippen LogP contribution >= 0.6 is 0 Å². The van der Waals surface area contributed by atoms with E-state index in [9.17, 15) is 14.4 Å². The van der Waals surface area contributed by atoms with Gasteiger partial charge in [0.1, 0.15) is 6.61 Å². The number of anilines is 1. The number of hydrogen-bond donors (Lipinski definition) is 0. The molecule has 3 aromatic rings. The first-order valence-corrected chi connectivity index (χ1v) is 8.44. The molecule has 2 amide bonds. The summed E-state index contributed by atoms with van der Waals surface area (Å²) in [6, 6.07) is 22.3. The van der Waals surface area contributed by atoms with Crippen molar-refractivity contribution in [2.45, 2.75) is 6.61 Å². The highest BCUT2D eigenvalue weighted by Gasteiger charge is 2.36. The molecule has 5 heteroatoms. The standard InChI is InChI=1S/C22H15NO4/c24-20-18-8-4-5-9-19(18)21(25)23(20)17-12-10-16(11-13-17)22(26)27-14-15-6-2-1-3-7-15/h1-13H,14H2. The summed E-state index contributed by atoms with van der Waals surface area (Å²) >= 11 is 0. The maximum absolute atomic E-state index is 12.5. The quantitative estimate of drug-likeness (QED) is 0.526. The highest BCUT2D eigenvalue weighted by atomic mass is 16.5. The van der Waals surface area contributed by atoms with Crippen LogP contribution in [0.1, 0.15) is 36.6 Å². The predicted molar refractivity (Wildman–Crippen MR) is 99.6 cm³/mol. The van der Waals surface area contributed by atoms with Crippen molar-refractivity contribution in [3.63, 3.8) is 0 Å². The number of ether oxygens (including phenoxy) is 1. The van der Waals surface area contributed by atoms with Crippen molar-refractivity contribution < 1.29 is 19.1 Å². The zero-order valence-corrected chi connectivity index (χ0v) is 14.3. The fraction of sp³-hybridized carbons (Fsp3) is 0.0455. The average Bonchev–Trinajstić information content (AvgIpc) is 2.98. The summed E-state index contributed by atoms with van der Waals surface area (Å²) in [5.41, 5.74) is 2.43. The van der Waals surface area contributed by atoms with Crippen molar-refractivity contribution in [1.82, 2.24) is 0 Å². The third-order valence-electron chi connectivity index (χ3n) is 4.37. The van der Waals surface area contributed by atoms with E-state index in [1.807, 2.05) is 30.3 Å². The lowest BCUT2D eigenvalue weighted by Crippen LogP contribution is -2.29. The molecule has 0 unspecified atom stereocenters. The first kappa shape index (κ1) is 16.7. The summed E-state index contributed by atoms with van der Waals surface area (Å²) in [6.45, 7) is 0.180. The number of benzene rings is 3. The van der Waals surface area contributed by atoms with Gasteiger partial charge in [-0.2, -0.15) is 0 Å². The van der Waals surface area contributed by atoms with Crippen molar-refractivity contribution in [3.8, 4) is 0 Å². The number of hydrogen-bond acceptors (Lipinski definition) is 4. The lowest BCUT2D eigenvalue weighted by molar-refractivity contribution is 0.0472. The molecule has 0 radical (unpaired) electrons. The Bertz CT molecular complexity index is 991. The smallest absolute Gasteiger partial charge is 0.338 e. The second-order valence-corrected chi connectivity index (χ2v) is 6.10. The largest absolute Gasteiger partial charge is 0.457 e. The van der Waals surface area contributed by atoms with Gasteiger partial charge in [0.15, 0.2) is 0 Å². The Morgan fingerprint density at radius 2 is 1.30 bits per heavy atom. The molecule has 0 fully saturated rings. The van der Waals surface area contributed by atoms with Crippen LogP contribution in [0.4, 0.5) is 5.69 Å². The Morgan fingerprint density at radius 3 is 1.89 bits per heavy atom. The molecule has 0 atom stereocenters. The van der Waals surface area contributed by atoms with Gasteiger partial charge in [0, 0.05) is 0 Å². The van der Waals surface area contributed by atoms with E-state index in [1.165, 1.54) is 0 Å². The van der Waals surface area contributed by atoms with E-state index < -0.39 is 5.97 Å². The van der Waals surface area contributed by atoms with Crippen LogP contribution in [0, 0.1) is 0 Å². The fourth-order valence-electron chi connectivity index (χ4n) is 2.98. The second kappa shape index (κ2) is 6.88. The number of fused-ring (bicyclic) bond motifs is 1. The minimum atomic E-state index is -0.465. The van der Waals surface area contributed by atoms with E-state index in [-0.39, 0.29) is 18.4 Å². The Labute approximate surface area is 155 Å². The van der Waals surface area contributed by atoms with Crippen molar-refractivity contribution in [2.24, 2.45) is 0 Å². The monoisotopic (exact) mass is 357 g/mol. The van der Waals surface area contributed by atoms with Crippen molar-refractivity contribution in [3.05, 3.63) is 101 Å². The molecule has 27 heavy (non-hydrogen) atoms. The van der Waals surface area contributed by atoms with Crippen LogP contribution < -0.4 is 4.90 Å². The molecule has 0 aliphatic carbocycles. The Morgan fingerprint density at radius 1 is 0.741 bits per heavy atom. The Balaban J connectivity index is 1.49. The summed E-state index contributed by atoms with van der Waals surface area (Å²) in [7, 11) is 0. The summed E-state index contributed by atoms with van der Waals surface area (Å²) in [5.74, 6) is -1.20. The predicted octanol–water partition coefficient (Wildman–Crippen LogP) is 3.84. The molecule has 0 bridgehead atoms. The molecule has 1 aliphatic heterocycles. The number of imide groups is 1. The van der Waals surface area contributed by atoms with Crippen LogP contribution in [-0.4, -0.2) is 17.8 Å². The second-order valence-electron chi connectivity index (χ2n) is 6.10. The first-order chi connectivity index (χ1) is 13.1. The fourth-order valence-corrected chi connectivity index (χ4v) is 2.98. The van der Waals surface area contributed by atoms with Gasteiger partial charge in [0.25, 0.3) is 11.8 Å². The molecule has 1 aliphatic rings. The lowest BCUT2D eigenvalue weighted by Gasteiger charge is -2.14. The average molecular weight is 357 g/mol. The van der Waals surface area contributed by atoms with Crippen molar-refractivity contribution in [2.75, 3.05) is 4.90 Å². The minimum Gasteiger partial charge on any atom is -0.457 e. The van der Waals surface area contributed by atoms with Gasteiger partial charge in [0.2, 0.25) is 0 Å². The Kier molecular flexibility index (Phi) is 4.26. The molecule has 132 valence electrons. The molecule has 5 nitrogen and oxygen atoms in total. The van der Waals surface area contributed by atoms with Gasteiger partial charge >= 0.3 is 5.97 Å². The third kappa shape index (κ3) is 3.11. The number of nitrogens with zero attached hydrogens (tertiary/aromatic N) is 1. The first-order valence-electron chi connectivity index (χ1n) is 8.44. The number of rotatable bonds is 4. The zero-order chi connectivity index (χ0) is 18.8. The normalized spacial score (nSPS) is 12.8. The molecule has 4 rings (SSSR count). The van der Waals surface area contributed by atoms with Gasteiger partial charge in [-0.05, 0) is 42.0 Å². The van der Waals surface area contributed by atoms with E-state index in [2.05, 4.69) is 0 Å². The third-order valence-corrected chi connectivity index (χ3v) is 4.37. The molecule has 0 aromatic heterocycles. The van der Waals surface area contributed by atoms with Gasteiger partial charge in [-0.25, -0.2) is 9.69 Å². The highest BCUT2D eigenvalue weighted by molar-refractivity contribution is 6.34. The van der Waals surface area contributed by atoms with Crippen LogP contribution in [0.25, 0.3) is 0 Å². The van der Waals surface area contributed by atoms with Gasteiger partial charge in [-0.1, -0.05) is 42.5 Å². The molecular formula is C22H15NO4. The lowest BCUT2D eigenvalue weighted by atomic mass is 10.1. The number of carbonyl (C=O) groups excluding carboxylic acids is 3. The maximum atomic E-state index is 12.5. The van der Waals surface area contributed by atoms with Gasteiger partial charge in [0.05, 0.1) is 22.4 Å². The topological polar surface area (TPSA) is 63.7 Å². The zero-order valence-electron chi connectivity index (χ0n) is 14.3. The van der Waals surface area contributed by atoms with E-state index >= 15 is 0 Å². The van der Waals surface area contributed by atoms with Crippen molar-refractivity contribution >= 4 is 23.5 Å². The van der Waals surface area contributed by atoms with Crippen LogP contribution in [0.2, 0.25) is 0 Å². The summed E-state index contributed by atoms with van der Waals surface area (Å²) < 4.78 is 5.29. The molecule has 0 saturated carbocycles. The maximum Gasteiger partial charge on any atom is 0.338 e. The molecular weight excluding hydrogens is 342 g/mol. The van der Waals surface area contributed by atoms with Gasteiger partial charge in [-0.15, -0.1) is 0 Å². The van der Waals surface area contributed by atoms with Crippen LogP contribution in [-0.2, 0) is 11.3 Å². The molecule has 0 N–H and O–H groups in total. The SMILES string of the molecule is O=C(OCc1ccccc1)c1ccc(N2C(=O)c3ccccc3C2=O)cc1. The Hall–Kier alpha value is -3.73. The van der Waals surface area contributed by atoms with E-state index in [1.54, 1.807) is 48.5 Å². The number of amides is 2. The van der Waals surface area contributed by atoms with Crippen LogP contribution in [0.15, 0.2) is 78.9 Å². The minimum absolute atomic E-state index is 0.180. The number of carbonyl (C=O) groups is 3. The van der Waals surface area contributed by atoms with Crippen molar-refractivity contribution in [1.29, 1.82) is 0 Å². The summed E-state index contributed by atoms with van der Waals surface area (Å²) in [4.78, 5) is 38.3. The van der Waals surface area contributed by atoms with E-state index in [4.69, 9.17) is 4.74 Å². The molecule has 0 spiro atoms. The summed E-state index contributed by atoms with van der Waals surface area (Å²) in [6.07, 6.45) is 0. The molecule has 0 saturated heterocycles. The molecule has 1 heterocycles. The van der Waals surface area contributed by atoms with Crippen LogP contribution in [0.3, 0.4) is 0 Å². The molecule has 3 aromatic carbocycles. The van der Waals surface area contributed by atoms with E-state index in [0.717, 1.165) is 10.5 Å².